The van der Waals surface area contributed by atoms with Gasteiger partial charge in [0, 0.05) is 11.1 Å². The van der Waals surface area contributed by atoms with Crippen LogP contribution in [0.15, 0.2) is 11.1 Å². The predicted molar refractivity (Wildman–Crippen MR) is 47.0 cm³/mol. The minimum atomic E-state index is -0.509. The van der Waals surface area contributed by atoms with Crippen LogP contribution in [0.4, 0.5) is 0 Å². The average Bonchev–Trinajstić information content (AvgIpc) is 2.14. The molecular formula is C9H14O4. The molecule has 0 saturated heterocycles. The number of rotatable bonds is 3. The largest absolute Gasteiger partial charge is 0.466 e. The maximum absolute atomic E-state index is 11.1. The molecule has 0 aromatic carbocycles. The number of hydrogen-bond acceptors (Lipinski definition) is 4. The summed E-state index contributed by atoms with van der Waals surface area (Å²) in [6, 6.07) is 0. The fourth-order valence-corrected chi connectivity index (χ4v) is 0.699. The van der Waals surface area contributed by atoms with Crippen molar-refractivity contribution in [1.29, 1.82) is 0 Å². The number of esters is 2. The first-order valence-electron chi connectivity index (χ1n) is 3.97. The zero-order chi connectivity index (χ0) is 10.4. The molecule has 0 N–H and O–H groups in total. The van der Waals surface area contributed by atoms with Gasteiger partial charge in [0.2, 0.25) is 0 Å². The van der Waals surface area contributed by atoms with E-state index in [2.05, 4.69) is 4.74 Å². The lowest BCUT2D eigenvalue weighted by Crippen LogP contribution is -2.12. The van der Waals surface area contributed by atoms with Crippen LogP contribution in [0.5, 0.6) is 0 Å². The van der Waals surface area contributed by atoms with Crippen molar-refractivity contribution in [3.63, 3.8) is 0 Å². The summed E-state index contributed by atoms with van der Waals surface area (Å²) in [5, 5.41) is 0. The number of carbonyl (C=O) groups excluding carboxylic acids is 2. The van der Waals surface area contributed by atoms with Crippen molar-refractivity contribution in [1.82, 2.24) is 0 Å². The summed E-state index contributed by atoms with van der Waals surface area (Å²) in [5.74, 6) is -0.990. The summed E-state index contributed by atoms with van der Waals surface area (Å²) in [6.45, 7) is 5.06. The summed E-state index contributed by atoms with van der Waals surface area (Å²) < 4.78 is 9.17. The van der Waals surface area contributed by atoms with Crippen LogP contribution < -0.4 is 0 Å². The minimum absolute atomic E-state index is 0.279. The van der Waals surface area contributed by atoms with Crippen LogP contribution in [0.1, 0.15) is 20.8 Å². The van der Waals surface area contributed by atoms with Crippen molar-refractivity contribution in [2.45, 2.75) is 20.8 Å². The van der Waals surface area contributed by atoms with Gasteiger partial charge in [0.1, 0.15) is 0 Å². The molecule has 0 spiro atoms. The van der Waals surface area contributed by atoms with Gasteiger partial charge in [-0.3, -0.25) is 0 Å². The van der Waals surface area contributed by atoms with Crippen LogP contribution in [-0.2, 0) is 19.1 Å². The lowest BCUT2D eigenvalue weighted by atomic mass is 10.1. The molecule has 0 rings (SSSR count). The highest BCUT2D eigenvalue weighted by Crippen LogP contribution is 2.06. The molecule has 0 fully saturated rings. The van der Waals surface area contributed by atoms with Gasteiger partial charge in [-0.2, -0.15) is 0 Å². The molecule has 4 heteroatoms. The molecule has 13 heavy (non-hydrogen) atoms. The van der Waals surface area contributed by atoms with Crippen molar-refractivity contribution in [2.24, 2.45) is 0 Å². The zero-order valence-electron chi connectivity index (χ0n) is 8.34. The zero-order valence-corrected chi connectivity index (χ0v) is 8.34. The third-order valence-electron chi connectivity index (χ3n) is 1.64. The van der Waals surface area contributed by atoms with E-state index in [4.69, 9.17) is 4.74 Å². The maximum atomic E-state index is 11.1. The Morgan fingerprint density at radius 3 is 1.92 bits per heavy atom. The summed E-state index contributed by atoms with van der Waals surface area (Å²) in [6.07, 6.45) is 0. The average molecular weight is 186 g/mol. The Hall–Kier alpha value is -1.32. The standard InChI is InChI=1S/C9H14O4/c1-5-13-9(11)7(3)6(2)8(10)12-4/h5H2,1-4H3/b7-6-. The number of methoxy groups -OCH3 is 1. The highest BCUT2D eigenvalue weighted by Gasteiger charge is 2.14. The Morgan fingerprint density at radius 1 is 1.08 bits per heavy atom. The SMILES string of the molecule is CCOC(=O)/C(C)=C(/C)C(=O)OC. The quantitative estimate of drug-likeness (QED) is 0.488. The van der Waals surface area contributed by atoms with Crippen molar-refractivity contribution >= 4 is 11.9 Å². The summed E-state index contributed by atoms with van der Waals surface area (Å²) in [5.41, 5.74) is 0.564. The first kappa shape index (κ1) is 11.7. The van der Waals surface area contributed by atoms with Crippen molar-refractivity contribution < 1.29 is 19.1 Å². The van der Waals surface area contributed by atoms with Gasteiger partial charge in [-0.25, -0.2) is 9.59 Å². The smallest absolute Gasteiger partial charge is 0.334 e. The molecule has 74 valence electrons. The maximum Gasteiger partial charge on any atom is 0.334 e. The topological polar surface area (TPSA) is 52.6 Å². The fraction of sp³-hybridized carbons (Fsp3) is 0.556. The second kappa shape index (κ2) is 5.35. The van der Waals surface area contributed by atoms with Crippen LogP contribution in [0.25, 0.3) is 0 Å². The second-order valence-electron chi connectivity index (χ2n) is 2.46. The third-order valence-corrected chi connectivity index (χ3v) is 1.64. The van der Waals surface area contributed by atoms with Crippen molar-refractivity contribution in [3.8, 4) is 0 Å². The van der Waals surface area contributed by atoms with Crippen LogP contribution >= 0.6 is 0 Å². The summed E-state index contributed by atoms with van der Waals surface area (Å²) in [7, 11) is 1.27. The Morgan fingerprint density at radius 2 is 1.54 bits per heavy atom. The molecule has 0 heterocycles. The Balaban J connectivity index is 4.60. The molecule has 0 aromatic rings. The van der Waals surface area contributed by atoms with Crippen LogP contribution in [0.3, 0.4) is 0 Å². The van der Waals surface area contributed by atoms with E-state index in [0.717, 1.165) is 0 Å². The van der Waals surface area contributed by atoms with E-state index in [1.54, 1.807) is 6.92 Å². The number of ether oxygens (including phenoxy) is 2. The van der Waals surface area contributed by atoms with E-state index in [1.165, 1.54) is 21.0 Å². The van der Waals surface area contributed by atoms with E-state index in [1.807, 2.05) is 0 Å². The van der Waals surface area contributed by atoms with Gasteiger partial charge in [0.15, 0.2) is 0 Å². The van der Waals surface area contributed by atoms with Gasteiger partial charge in [-0.05, 0) is 20.8 Å². The van der Waals surface area contributed by atoms with Crippen LogP contribution in [0, 0.1) is 0 Å². The number of carbonyl (C=O) groups is 2. The van der Waals surface area contributed by atoms with E-state index < -0.39 is 11.9 Å². The predicted octanol–water partition coefficient (Wildman–Crippen LogP) is 1.06. The summed E-state index contributed by atoms with van der Waals surface area (Å²) in [4.78, 5) is 22.1. The molecule has 0 unspecified atom stereocenters. The van der Waals surface area contributed by atoms with Gasteiger partial charge in [0.05, 0.1) is 13.7 Å². The molecule has 0 amide bonds. The first-order chi connectivity index (χ1) is 6.04. The molecule has 0 aromatic heterocycles. The van der Waals surface area contributed by atoms with Gasteiger partial charge in [-0.15, -0.1) is 0 Å². The fourth-order valence-electron chi connectivity index (χ4n) is 0.699. The summed E-state index contributed by atoms with van der Waals surface area (Å²) >= 11 is 0. The Kier molecular flexibility index (Phi) is 4.80. The Bertz CT molecular complexity index is 240. The highest BCUT2D eigenvalue weighted by atomic mass is 16.5. The van der Waals surface area contributed by atoms with Gasteiger partial charge in [-0.1, -0.05) is 0 Å². The molecule has 0 radical (unpaired) electrons. The van der Waals surface area contributed by atoms with Crippen LogP contribution in [-0.4, -0.2) is 25.7 Å². The van der Waals surface area contributed by atoms with Gasteiger partial charge >= 0.3 is 11.9 Å². The first-order valence-corrected chi connectivity index (χ1v) is 3.97. The normalized spacial score (nSPS) is 11.7. The van der Waals surface area contributed by atoms with Crippen molar-refractivity contribution in [3.05, 3.63) is 11.1 Å². The molecule has 0 saturated carbocycles. The highest BCUT2D eigenvalue weighted by molar-refractivity contribution is 5.99. The van der Waals surface area contributed by atoms with E-state index in [-0.39, 0.29) is 11.1 Å². The second-order valence-corrected chi connectivity index (χ2v) is 2.46. The lowest BCUT2D eigenvalue weighted by Gasteiger charge is -2.04. The Labute approximate surface area is 77.5 Å². The van der Waals surface area contributed by atoms with E-state index in [9.17, 15) is 9.59 Å². The van der Waals surface area contributed by atoms with Crippen LogP contribution in [0.2, 0.25) is 0 Å². The third kappa shape index (κ3) is 3.27. The molecule has 0 aliphatic carbocycles. The van der Waals surface area contributed by atoms with Crippen molar-refractivity contribution in [2.75, 3.05) is 13.7 Å². The van der Waals surface area contributed by atoms with Gasteiger partial charge in [0.25, 0.3) is 0 Å². The monoisotopic (exact) mass is 186 g/mol. The molecule has 0 atom stereocenters. The molecule has 4 nitrogen and oxygen atoms in total. The minimum Gasteiger partial charge on any atom is -0.466 e. The van der Waals surface area contributed by atoms with E-state index in [0.29, 0.717) is 6.61 Å². The van der Waals surface area contributed by atoms with Gasteiger partial charge < -0.3 is 9.47 Å². The molecule has 0 bridgehead atoms. The van der Waals surface area contributed by atoms with E-state index >= 15 is 0 Å². The molecular weight excluding hydrogens is 172 g/mol. The molecule has 0 aliphatic rings. The number of hydrogen-bond donors (Lipinski definition) is 0. The molecule has 0 aliphatic heterocycles. The lowest BCUT2D eigenvalue weighted by molar-refractivity contribution is -0.140.